The van der Waals surface area contributed by atoms with E-state index in [2.05, 4.69) is 24.5 Å². The first-order valence-electron chi connectivity index (χ1n) is 8.04. The number of phenols is 1. The van der Waals surface area contributed by atoms with Crippen molar-refractivity contribution in [3.8, 4) is 11.5 Å². The maximum atomic E-state index is 12.3. The molecule has 0 bridgehead atoms. The Morgan fingerprint density at radius 2 is 2.04 bits per heavy atom. The van der Waals surface area contributed by atoms with Crippen LogP contribution in [0.2, 0.25) is 0 Å². The van der Waals surface area contributed by atoms with E-state index in [1.54, 1.807) is 30.3 Å². The lowest BCUT2D eigenvalue weighted by atomic mass is 9.98. The number of benzene rings is 2. The number of methoxy groups -OCH3 is 1. The predicted molar refractivity (Wildman–Crippen MR) is 103 cm³/mol. The number of anilines is 1. The molecular formula is C19H22N2O3S. The maximum Gasteiger partial charge on any atom is 0.257 e. The molecule has 0 aliphatic carbocycles. The Morgan fingerprint density at radius 1 is 1.28 bits per heavy atom. The minimum absolute atomic E-state index is 0.0741. The number of amides is 1. The summed E-state index contributed by atoms with van der Waals surface area (Å²) in [4.78, 5) is 12.3. The summed E-state index contributed by atoms with van der Waals surface area (Å²) >= 11 is 5.19. The molecule has 1 unspecified atom stereocenters. The van der Waals surface area contributed by atoms with Crippen LogP contribution in [0, 0.1) is 0 Å². The lowest BCUT2D eigenvalue weighted by Gasteiger charge is -2.15. The first-order valence-corrected chi connectivity index (χ1v) is 8.44. The lowest BCUT2D eigenvalue weighted by molar-refractivity contribution is 0.0977. The third kappa shape index (κ3) is 4.93. The van der Waals surface area contributed by atoms with Gasteiger partial charge in [-0.3, -0.25) is 10.1 Å². The van der Waals surface area contributed by atoms with E-state index in [9.17, 15) is 9.90 Å². The smallest absolute Gasteiger partial charge is 0.257 e. The molecule has 0 fully saturated rings. The van der Waals surface area contributed by atoms with E-state index < -0.39 is 0 Å². The number of carbonyl (C=O) groups is 1. The molecule has 0 radical (unpaired) electrons. The van der Waals surface area contributed by atoms with Crippen LogP contribution in [0.5, 0.6) is 11.5 Å². The Labute approximate surface area is 153 Å². The number of hydrogen-bond acceptors (Lipinski definition) is 4. The lowest BCUT2D eigenvalue weighted by Crippen LogP contribution is -2.34. The van der Waals surface area contributed by atoms with Gasteiger partial charge in [0.1, 0.15) is 11.5 Å². The molecular weight excluding hydrogens is 336 g/mol. The van der Waals surface area contributed by atoms with Crippen LogP contribution in [-0.2, 0) is 0 Å². The van der Waals surface area contributed by atoms with Crippen LogP contribution in [0.1, 0.15) is 42.1 Å². The van der Waals surface area contributed by atoms with Crippen molar-refractivity contribution in [2.24, 2.45) is 0 Å². The fourth-order valence-corrected chi connectivity index (χ4v) is 2.49. The molecule has 0 aliphatic rings. The van der Waals surface area contributed by atoms with Crippen LogP contribution >= 0.6 is 12.2 Å². The third-order valence-corrected chi connectivity index (χ3v) is 4.21. The number of phenolic OH excluding ortho intramolecular Hbond substituents is 1. The fraction of sp³-hybridized carbons (Fsp3) is 0.263. The average molecular weight is 358 g/mol. The van der Waals surface area contributed by atoms with E-state index in [1.807, 2.05) is 12.1 Å². The molecule has 2 aromatic carbocycles. The van der Waals surface area contributed by atoms with Crippen molar-refractivity contribution in [1.29, 1.82) is 0 Å². The standard InChI is InChI=1S/C19H22N2O3S/c1-4-12(2)13-8-9-17(22)16(11-13)20-19(25)21-18(23)14-6-5-7-15(10-14)24-3/h5-12,22H,4H2,1-3H3,(H2,20,21,23,25). The van der Waals surface area contributed by atoms with Gasteiger partial charge in [0.2, 0.25) is 0 Å². The zero-order chi connectivity index (χ0) is 18.4. The molecule has 0 heterocycles. The van der Waals surface area contributed by atoms with Crippen LogP contribution in [0.3, 0.4) is 0 Å². The topological polar surface area (TPSA) is 70.6 Å². The first kappa shape index (κ1) is 18.7. The van der Waals surface area contributed by atoms with Crippen molar-refractivity contribution in [1.82, 2.24) is 5.32 Å². The van der Waals surface area contributed by atoms with E-state index in [0.29, 0.717) is 22.9 Å². The van der Waals surface area contributed by atoms with Crippen LogP contribution in [0.25, 0.3) is 0 Å². The van der Waals surface area contributed by atoms with Gasteiger partial charge in [-0.15, -0.1) is 0 Å². The molecule has 6 heteroatoms. The molecule has 0 aromatic heterocycles. The predicted octanol–water partition coefficient (Wildman–Crippen LogP) is 4.04. The molecule has 1 atom stereocenters. The summed E-state index contributed by atoms with van der Waals surface area (Å²) in [6.45, 7) is 4.21. The van der Waals surface area contributed by atoms with Crippen LogP contribution in [0.15, 0.2) is 42.5 Å². The van der Waals surface area contributed by atoms with Crippen LogP contribution < -0.4 is 15.4 Å². The molecule has 0 saturated heterocycles. The van der Waals surface area contributed by atoms with Gasteiger partial charge in [0, 0.05) is 5.56 Å². The second-order valence-electron chi connectivity index (χ2n) is 5.73. The Morgan fingerprint density at radius 3 is 2.72 bits per heavy atom. The van der Waals surface area contributed by atoms with Crippen molar-refractivity contribution in [3.05, 3.63) is 53.6 Å². The van der Waals surface area contributed by atoms with Crippen molar-refractivity contribution in [3.63, 3.8) is 0 Å². The number of ether oxygens (including phenoxy) is 1. The van der Waals surface area contributed by atoms with Crippen molar-refractivity contribution in [2.75, 3.05) is 12.4 Å². The summed E-state index contributed by atoms with van der Waals surface area (Å²) in [5.41, 5.74) is 1.99. The van der Waals surface area contributed by atoms with E-state index >= 15 is 0 Å². The Balaban J connectivity index is 2.08. The Hall–Kier alpha value is -2.60. The highest BCUT2D eigenvalue weighted by Crippen LogP contribution is 2.29. The van der Waals surface area contributed by atoms with E-state index in [0.717, 1.165) is 12.0 Å². The zero-order valence-electron chi connectivity index (χ0n) is 14.5. The molecule has 5 nitrogen and oxygen atoms in total. The van der Waals surface area contributed by atoms with E-state index in [-0.39, 0.29) is 16.8 Å². The van der Waals surface area contributed by atoms with E-state index in [4.69, 9.17) is 17.0 Å². The van der Waals surface area contributed by atoms with Gasteiger partial charge in [0.05, 0.1) is 12.8 Å². The normalized spacial score (nSPS) is 11.5. The SMILES string of the molecule is CCC(C)c1ccc(O)c(NC(=S)NC(=O)c2cccc(OC)c2)c1. The number of carbonyl (C=O) groups excluding carboxylic acids is 1. The highest BCUT2D eigenvalue weighted by molar-refractivity contribution is 7.80. The van der Waals surface area contributed by atoms with Gasteiger partial charge in [0.25, 0.3) is 5.91 Å². The van der Waals surface area contributed by atoms with Gasteiger partial charge < -0.3 is 15.2 Å². The summed E-state index contributed by atoms with van der Waals surface area (Å²) < 4.78 is 5.11. The summed E-state index contributed by atoms with van der Waals surface area (Å²) in [6.07, 6.45) is 0.987. The minimum atomic E-state index is -0.353. The molecule has 25 heavy (non-hydrogen) atoms. The molecule has 2 aromatic rings. The second-order valence-corrected chi connectivity index (χ2v) is 6.13. The Bertz CT molecular complexity index is 777. The quantitative estimate of drug-likeness (QED) is 0.556. The van der Waals surface area contributed by atoms with Gasteiger partial charge in [-0.05, 0) is 60.5 Å². The third-order valence-electron chi connectivity index (χ3n) is 4.01. The van der Waals surface area contributed by atoms with Crippen molar-refractivity contribution in [2.45, 2.75) is 26.2 Å². The minimum Gasteiger partial charge on any atom is -0.506 e. The van der Waals surface area contributed by atoms with Crippen LogP contribution in [-0.4, -0.2) is 23.2 Å². The monoisotopic (exact) mass is 358 g/mol. The average Bonchev–Trinajstić information content (AvgIpc) is 2.62. The summed E-state index contributed by atoms with van der Waals surface area (Å²) in [5.74, 6) is 0.672. The largest absolute Gasteiger partial charge is 0.506 e. The van der Waals surface area contributed by atoms with Gasteiger partial charge in [-0.2, -0.15) is 0 Å². The van der Waals surface area contributed by atoms with Crippen molar-refractivity contribution < 1.29 is 14.6 Å². The van der Waals surface area contributed by atoms with Gasteiger partial charge >= 0.3 is 0 Å². The number of aromatic hydroxyl groups is 1. The highest BCUT2D eigenvalue weighted by atomic mass is 32.1. The van der Waals surface area contributed by atoms with Gasteiger partial charge in [-0.1, -0.05) is 26.0 Å². The molecule has 0 aliphatic heterocycles. The number of hydrogen-bond donors (Lipinski definition) is 3. The molecule has 0 spiro atoms. The fourth-order valence-electron chi connectivity index (χ4n) is 2.29. The van der Waals surface area contributed by atoms with Gasteiger partial charge in [-0.25, -0.2) is 0 Å². The molecule has 2 rings (SSSR count). The summed E-state index contributed by atoms with van der Waals surface area (Å²) in [7, 11) is 1.54. The zero-order valence-corrected chi connectivity index (χ0v) is 15.3. The van der Waals surface area contributed by atoms with Crippen molar-refractivity contribution >= 4 is 28.9 Å². The molecule has 3 N–H and O–H groups in total. The Kier molecular flexibility index (Phi) is 6.36. The molecule has 132 valence electrons. The molecule has 1 amide bonds. The number of nitrogens with one attached hydrogen (secondary N) is 2. The first-order chi connectivity index (χ1) is 11.9. The molecule has 0 saturated carbocycles. The van der Waals surface area contributed by atoms with E-state index in [1.165, 1.54) is 7.11 Å². The van der Waals surface area contributed by atoms with Crippen LogP contribution in [0.4, 0.5) is 5.69 Å². The maximum absolute atomic E-state index is 12.3. The summed E-state index contributed by atoms with van der Waals surface area (Å²) in [5, 5.41) is 15.6. The second kappa shape index (κ2) is 8.48. The van der Waals surface area contributed by atoms with Gasteiger partial charge in [0.15, 0.2) is 5.11 Å². The number of rotatable bonds is 5. The number of thiocarbonyl (C=S) groups is 1. The summed E-state index contributed by atoms with van der Waals surface area (Å²) in [6, 6.07) is 12.1. The highest BCUT2D eigenvalue weighted by Gasteiger charge is 2.12.